The van der Waals surface area contributed by atoms with E-state index in [1.54, 1.807) is 12.3 Å². The van der Waals surface area contributed by atoms with E-state index < -0.39 is 0 Å². The number of hydrogen-bond donors (Lipinski definition) is 2. The van der Waals surface area contributed by atoms with Crippen molar-refractivity contribution in [1.82, 2.24) is 25.1 Å². The van der Waals surface area contributed by atoms with Gasteiger partial charge in [-0.3, -0.25) is 9.89 Å². The second-order valence-electron chi connectivity index (χ2n) is 5.06. The van der Waals surface area contributed by atoms with Crippen LogP contribution < -0.4 is 5.32 Å². The molecule has 0 bridgehead atoms. The lowest BCUT2D eigenvalue weighted by Gasteiger charge is -2.04. The molecule has 0 saturated carbocycles. The highest BCUT2D eigenvalue weighted by atomic mass is 16.1. The van der Waals surface area contributed by atoms with E-state index in [2.05, 4.69) is 50.2 Å². The van der Waals surface area contributed by atoms with Crippen molar-refractivity contribution in [3.05, 3.63) is 47.5 Å². The number of amides is 1. The van der Waals surface area contributed by atoms with Gasteiger partial charge in [-0.25, -0.2) is 4.98 Å². The van der Waals surface area contributed by atoms with Crippen LogP contribution in [0, 0.1) is 6.92 Å². The Bertz CT molecular complexity index is 773. The zero-order valence-corrected chi connectivity index (χ0v) is 12.1. The highest BCUT2D eigenvalue weighted by molar-refractivity contribution is 5.92. The number of aryl methyl sites for hydroxylation is 2. The molecule has 2 heterocycles. The van der Waals surface area contributed by atoms with Crippen LogP contribution in [-0.4, -0.2) is 32.2 Å². The summed E-state index contributed by atoms with van der Waals surface area (Å²) in [6.45, 7) is 2.59. The number of carbonyl (C=O) groups excluding carboxylic acids is 1. The van der Waals surface area contributed by atoms with E-state index in [9.17, 15) is 4.79 Å². The van der Waals surface area contributed by atoms with Crippen molar-refractivity contribution >= 4 is 16.9 Å². The van der Waals surface area contributed by atoms with Crippen molar-refractivity contribution in [2.24, 2.45) is 7.05 Å². The first kappa shape index (κ1) is 13.4. The van der Waals surface area contributed by atoms with Crippen molar-refractivity contribution in [2.75, 3.05) is 6.54 Å². The number of hydrogen-bond acceptors (Lipinski definition) is 3. The summed E-state index contributed by atoms with van der Waals surface area (Å²) in [5.74, 6) is 0.808. The van der Waals surface area contributed by atoms with E-state index in [0.717, 1.165) is 16.9 Å². The Morgan fingerprint density at radius 3 is 3.00 bits per heavy atom. The first-order valence-electron chi connectivity index (χ1n) is 6.84. The van der Waals surface area contributed by atoms with Gasteiger partial charge in [0.1, 0.15) is 11.5 Å². The molecule has 0 unspecified atom stereocenters. The number of aromatic nitrogens is 4. The van der Waals surface area contributed by atoms with Gasteiger partial charge in [0.2, 0.25) is 0 Å². The predicted octanol–water partition coefficient (Wildman–Crippen LogP) is 1.58. The summed E-state index contributed by atoms with van der Waals surface area (Å²) >= 11 is 0. The van der Waals surface area contributed by atoms with Crippen molar-refractivity contribution in [2.45, 2.75) is 13.3 Å². The monoisotopic (exact) mass is 283 g/mol. The van der Waals surface area contributed by atoms with Gasteiger partial charge in [-0.1, -0.05) is 6.07 Å². The van der Waals surface area contributed by atoms with Crippen LogP contribution in [-0.2, 0) is 13.5 Å². The molecule has 0 aliphatic rings. The quantitative estimate of drug-likeness (QED) is 0.763. The molecule has 0 fully saturated rings. The number of rotatable bonds is 4. The number of nitrogens with one attached hydrogen (secondary N) is 2. The fourth-order valence-electron chi connectivity index (χ4n) is 2.35. The number of H-pyrrole nitrogens is 1. The third-order valence-corrected chi connectivity index (χ3v) is 3.51. The summed E-state index contributed by atoms with van der Waals surface area (Å²) in [7, 11) is 2.00. The fraction of sp³-hybridized carbons (Fsp3) is 0.267. The van der Waals surface area contributed by atoms with E-state index in [4.69, 9.17) is 0 Å². The number of fused-ring (bicyclic) bond motifs is 1. The smallest absolute Gasteiger partial charge is 0.269 e. The third kappa shape index (κ3) is 2.65. The molecule has 2 aromatic heterocycles. The van der Waals surface area contributed by atoms with E-state index in [1.165, 1.54) is 5.56 Å². The third-order valence-electron chi connectivity index (χ3n) is 3.51. The minimum atomic E-state index is -0.151. The number of benzene rings is 1. The van der Waals surface area contributed by atoms with Crippen LogP contribution in [0.1, 0.15) is 21.9 Å². The van der Waals surface area contributed by atoms with Crippen LogP contribution in [0.3, 0.4) is 0 Å². The molecular formula is C15H17N5O. The maximum Gasteiger partial charge on any atom is 0.269 e. The van der Waals surface area contributed by atoms with Crippen molar-refractivity contribution in [1.29, 1.82) is 0 Å². The Kier molecular flexibility index (Phi) is 3.43. The predicted molar refractivity (Wildman–Crippen MR) is 80.1 cm³/mol. The molecule has 0 atom stereocenters. The van der Waals surface area contributed by atoms with Crippen LogP contribution in [0.25, 0.3) is 11.0 Å². The largest absolute Gasteiger partial charge is 0.350 e. The molecule has 108 valence electrons. The van der Waals surface area contributed by atoms with E-state index in [0.29, 0.717) is 18.7 Å². The Balaban J connectivity index is 1.68. The summed E-state index contributed by atoms with van der Waals surface area (Å²) in [5.41, 5.74) is 3.76. The molecule has 2 N–H and O–H groups in total. The number of aromatic amines is 1. The molecule has 3 aromatic rings. The average molecular weight is 283 g/mol. The Morgan fingerprint density at radius 2 is 2.24 bits per heavy atom. The summed E-state index contributed by atoms with van der Waals surface area (Å²) in [5, 5.41) is 9.25. The Morgan fingerprint density at radius 1 is 1.38 bits per heavy atom. The molecule has 0 radical (unpaired) electrons. The minimum absolute atomic E-state index is 0.151. The normalized spacial score (nSPS) is 11.0. The number of carbonyl (C=O) groups is 1. The molecule has 0 aliphatic heterocycles. The first-order valence-corrected chi connectivity index (χ1v) is 6.84. The van der Waals surface area contributed by atoms with E-state index >= 15 is 0 Å². The molecular weight excluding hydrogens is 266 g/mol. The van der Waals surface area contributed by atoms with Gasteiger partial charge in [0.15, 0.2) is 0 Å². The maximum atomic E-state index is 11.8. The highest BCUT2D eigenvalue weighted by Crippen LogP contribution is 2.16. The second kappa shape index (κ2) is 5.40. The number of imidazole rings is 1. The summed E-state index contributed by atoms with van der Waals surface area (Å²) < 4.78 is 2.07. The lowest BCUT2D eigenvalue weighted by molar-refractivity contribution is 0.0949. The van der Waals surface area contributed by atoms with Crippen LogP contribution in [0.15, 0.2) is 30.5 Å². The van der Waals surface area contributed by atoms with Gasteiger partial charge >= 0.3 is 0 Å². The van der Waals surface area contributed by atoms with Crippen molar-refractivity contribution < 1.29 is 4.79 Å². The van der Waals surface area contributed by atoms with E-state index in [-0.39, 0.29) is 5.91 Å². The summed E-state index contributed by atoms with van der Waals surface area (Å²) in [4.78, 5) is 16.4. The Labute approximate surface area is 122 Å². The van der Waals surface area contributed by atoms with Crippen molar-refractivity contribution in [3.63, 3.8) is 0 Å². The summed E-state index contributed by atoms with van der Waals surface area (Å²) in [6.07, 6.45) is 2.24. The molecule has 6 heteroatoms. The van der Waals surface area contributed by atoms with Gasteiger partial charge in [0.25, 0.3) is 5.91 Å². The van der Waals surface area contributed by atoms with Crippen LogP contribution in [0.5, 0.6) is 0 Å². The molecule has 0 spiro atoms. The fourth-order valence-corrected chi connectivity index (χ4v) is 2.35. The molecule has 21 heavy (non-hydrogen) atoms. The minimum Gasteiger partial charge on any atom is -0.350 e. The van der Waals surface area contributed by atoms with Crippen LogP contribution >= 0.6 is 0 Å². The van der Waals surface area contributed by atoms with Crippen molar-refractivity contribution in [3.8, 4) is 0 Å². The zero-order valence-electron chi connectivity index (χ0n) is 12.1. The lowest BCUT2D eigenvalue weighted by atomic mass is 10.2. The molecule has 0 aliphatic carbocycles. The molecule has 6 nitrogen and oxygen atoms in total. The van der Waals surface area contributed by atoms with Crippen LogP contribution in [0.2, 0.25) is 0 Å². The van der Waals surface area contributed by atoms with Gasteiger partial charge in [0, 0.05) is 26.2 Å². The molecule has 3 rings (SSSR count). The summed E-state index contributed by atoms with van der Waals surface area (Å²) in [6, 6.07) is 7.87. The zero-order chi connectivity index (χ0) is 14.8. The maximum absolute atomic E-state index is 11.8. The standard InChI is InChI=1S/C15H17N5O/c1-10-3-4-13-12(9-10)18-14(20(13)2)6-7-16-15(21)11-5-8-17-19-11/h3-5,8-9H,6-7H2,1-2H3,(H,16,21)(H,17,19). The number of nitrogens with zero attached hydrogens (tertiary/aromatic N) is 3. The Hall–Kier alpha value is -2.63. The lowest BCUT2D eigenvalue weighted by Crippen LogP contribution is -2.26. The highest BCUT2D eigenvalue weighted by Gasteiger charge is 2.09. The second-order valence-corrected chi connectivity index (χ2v) is 5.06. The first-order chi connectivity index (χ1) is 10.1. The molecule has 0 saturated heterocycles. The van der Waals surface area contributed by atoms with Gasteiger partial charge in [0.05, 0.1) is 11.0 Å². The van der Waals surface area contributed by atoms with Gasteiger partial charge in [-0.05, 0) is 30.7 Å². The topological polar surface area (TPSA) is 75.6 Å². The van der Waals surface area contributed by atoms with Gasteiger partial charge in [-0.2, -0.15) is 5.10 Å². The van der Waals surface area contributed by atoms with Crippen LogP contribution in [0.4, 0.5) is 0 Å². The van der Waals surface area contributed by atoms with E-state index in [1.807, 2.05) is 7.05 Å². The molecule has 1 amide bonds. The SMILES string of the molecule is Cc1ccc2c(c1)nc(CCNC(=O)c1ccn[nH]1)n2C. The average Bonchev–Trinajstić information content (AvgIpc) is 3.08. The van der Waals surface area contributed by atoms with Gasteiger partial charge < -0.3 is 9.88 Å². The van der Waals surface area contributed by atoms with Gasteiger partial charge in [-0.15, -0.1) is 0 Å². The molecule has 1 aromatic carbocycles.